The van der Waals surface area contributed by atoms with Gasteiger partial charge in [0.15, 0.2) is 0 Å². The highest BCUT2D eigenvalue weighted by atomic mass is 79.9. The highest BCUT2D eigenvalue weighted by Crippen LogP contribution is 2.28. The molecule has 0 bridgehead atoms. The van der Waals surface area contributed by atoms with Crippen molar-refractivity contribution in [1.82, 2.24) is 25.0 Å². The number of fused-ring (bicyclic) bond motifs is 1. The van der Waals surface area contributed by atoms with Crippen LogP contribution < -0.4 is 5.56 Å². The SMILES string of the molecule is CC(C)N(Cc1nc2ccccc2c(=O)[nH]1)Cc1nc(-c2cc(Br)cs2)no1. The normalized spacial score (nSPS) is 11.8. The molecule has 0 aliphatic carbocycles. The number of hydrogen-bond donors (Lipinski definition) is 1. The van der Waals surface area contributed by atoms with E-state index in [1.54, 1.807) is 17.4 Å². The summed E-state index contributed by atoms with van der Waals surface area (Å²) in [5, 5.41) is 6.65. The Kier molecular flexibility index (Phi) is 5.38. The number of aromatic amines is 1. The average Bonchev–Trinajstić information content (AvgIpc) is 3.30. The number of benzene rings is 1. The molecule has 144 valence electrons. The van der Waals surface area contributed by atoms with Crippen LogP contribution in [0.2, 0.25) is 0 Å². The lowest BCUT2D eigenvalue weighted by Crippen LogP contribution is -2.31. The van der Waals surface area contributed by atoms with Gasteiger partial charge in [0.1, 0.15) is 5.82 Å². The molecule has 0 unspecified atom stereocenters. The monoisotopic (exact) mass is 459 g/mol. The van der Waals surface area contributed by atoms with Crippen LogP contribution in [0.5, 0.6) is 0 Å². The number of H-pyrrole nitrogens is 1. The summed E-state index contributed by atoms with van der Waals surface area (Å²) in [4.78, 5) is 27.3. The van der Waals surface area contributed by atoms with Crippen LogP contribution in [0.4, 0.5) is 0 Å². The summed E-state index contributed by atoms with van der Waals surface area (Å²) in [6.07, 6.45) is 0. The van der Waals surface area contributed by atoms with Crippen molar-refractivity contribution in [2.75, 3.05) is 0 Å². The Morgan fingerprint density at radius 3 is 2.82 bits per heavy atom. The van der Waals surface area contributed by atoms with Gasteiger partial charge in [0, 0.05) is 15.9 Å². The Morgan fingerprint density at radius 2 is 2.07 bits per heavy atom. The third-order valence-electron chi connectivity index (χ3n) is 4.34. The fourth-order valence-electron chi connectivity index (χ4n) is 2.85. The maximum atomic E-state index is 12.3. The standard InChI is InChI=1S/C19H18BrN5O2S/c1-11(2)25(8-16-21-14-6-4-3-5-13(14)19(26)22-16)9-17-23-18(24-27-17)15-7-12(20)10-28-15/h3-7,10-11H,8-9H2,1-2H3,(H,21,22,26). The number of para-hydroxylation sites is 1. The molecule has 0 saturated heterocycles. The molecule has 0 amide bonds. The Balaban J connectivity index is 1.55. The van der Waals surface area contributed by atoms with E-state index in [-0.39, 0.29) is 11.6 Å². The highest BCUT2D eigenvalue weighted by molar-refractivity contribution is 9.10. The molecule has 0 radical (unpaired) electrons. The summed E-state index contributed by atoms with van der Waals surface area (Å²) in [6.45, 7) is 5.09. The van der Waals surface area contributed by atoms with Gasteiger partial charge in [-0.3, -0.25) is 9.69 Å². The van der Waals surface area contributed by atoms with E-state index in [1.165, 1.54) is 0 Å². The molecule has 0 atom stereocenters. The number of nitrogens with one attached hydrogen (secondary N) is 1. The van der Waals surface area contributed by atoms with Crippen LogP contribution in [-0.2, 0) is 13.1 Å². The third-order valence-corrected chi connectivity index (χ3v) is 6.03. The van der Waals surface area contributed by atoms with Crippen molar-refractivity contribution in [3.8, 4) is 10.7 Å². The molecule has 9 heteroatoms. The van der Waals surface area contributed by atoms with E-state index in [9.17, 15) is 4.79 Å². The van der Waals surface area contributed by atoms with Gasteiger partial charge in [-0.05, 0) is 48.0 Å². The van der Waals surface area contributed by atoms with Crippen LogP contribution in [0.1, 0.15) is 25.6 Å². The second kappa shape index (κ2) is 7.94. The molecule has 7 nitrogen and oxygen atoms in total. The molecule has 3 heterocycles. The first-order valence-electron chi connectivity index (χ1n) is 8.78. The second-order valence-corrected chi connectivity index (χ2v) is 8.50. The van der Waals surface area contributed by atoms with E-state index >= 15 is 0 Å². The van der Waals surface area contributed by atoms with E-state index < -0.39 is 0 Å². The lowest BCUT2D eigenvalue weighted by molar-refractivity contribution is 0.172. The van der Waals surface area contributed by atoms with Crippen LogP contribution >= 0.6 is 27.3 Å². The second-order valence-electron chi connectivity index (χ2n) is 6.67. The molecule has 4 aromatic rings. The number of aromatic nitrogens is 4. The predicted octanol–water partition coefficient (Wildman–Crippen LogP) is 4.21. The lowest BCUT2D eigenvalue weighted by atomic mass is 10.2. The molecular formula is C19H18BrN5O2S. The van der Waals surface area contributed by atoms with Crippen molar-refractivity contribution in [2.45, 2.75) is 33.0 Å². The number of nitrogens with zero attached hydrogens (tertiary/aromatic N) is 4. The summed E-state index contributed by atoms with van der Waals surface area (Å²) in [7, 11) is 0. The molecule has 0 aliphatic rings. The Bertz CT molecular complexity index is 1170. The summed E-state index contributed by atoms with van der Waals surface area (Å²) in [5.41, 5.74) is 0.556. The maximum Gasteiger partial charge on any atom is 0.258 e. The number of thiophene rings is 1. The lowest BCUT2D eigenvalue weighted by Gasteiger charge is -2.24. The van der Waals surface area contributed by atoms with E-state index in [2.05, 4.69) is 54.8 Å². The van der Waals surface area contributed by atoms with Gasteiger partial charge in [-0.1, -0.05) is 17.3 Å². The van der Waals surface area contributed by atoms with Crippen molar-refractivity contribution < 1.29 is 4.52 Å². The topological polar surface area (TPSA) is 87.9 Å². The van der Waals surface area contributed by atoms with Gasteiger partial charge >= 0.3 is 0 Å². The van der Waals surface area contributed by atoms with Gasteiger partial charge in [-0.25, -0.2) is 4.98 Å². The maximum absolute atomic E-state index is 12.3. The molecule has 1 N–H and O–H groups in total. The fourth-order valence-corrected chi connectivity index (χ4v) is 4.20. The Morgan fingerprint density at radius 1 is 1.25 bits per heavy atom. The summed E-state index contributed by atoms with van der Waals surface area (Å²) >= 11 is 4.99. The van der Waals surface area contributed by atoms with Crippen LogP contribution in [0.15, 0.2) is 49.5 Å². The van der Waals surface area contributed by atoms with Gasteiger partial charge in [0.25, 0.3) is 5.56 Å². The van der Waals surface area contributed by atoms with Crippen molar-refractivity contribution in [1.29, 1.82) is 0 Å². The average molecular weight is 460 g/mol. The number of halogens is 1. The van der Waals surface area contributed by atoms with Crippen molar-refractivity contribution in [2.24, 2.45) is 0 Å². The van der Waals surface area contributed by atoms with Crippen LogP contribution in [0, 0.1) is 0 Å². The molecule has 1 aromatic carbocycles. The summed E-state index contributed by atoms with van der Waals surface area (Å²) < 4.78 is 6.43. The quantitative estimate of drug-likeness (QED) is 0.464. The number of rotatable bonds is 6. The predicted molar refractivity (Wildman–Crippen MR) is 112 cm³/mol. The fraction of sp³-hybridized carbons (Fsp3) is 0.263. The van der Waals surface area contributed by atoms with E-state index in [0.717, 1.165) is 9.35 Å². The van der Waals surface area contributed by atoms with Gasteiger partial charge in [0.2, 0.25) is 11.7 Å². The summed E-state index contributed by atoms with van der Waals surface area (Å²) in [5.74, 6) is 1.71. The molecule has 4 rings (SSSR count). The molecular weight excluding hydrogens is 442 g/mol. The number of hydrogen-bond acceptors (Lipinski definition) is 7. The Hall–Kier alpha value is -2.36. The zero-order valence-electron chi connectivity index (χ0n) is 15.3. The minimum Gasteiger partial charge on any atom is -0.338 e. The zero-order chi connectivity index (χ0) is 19.7. The first-order chi connectivity index (χ1) is 13.5. The molecule has 0 spiro atoms. The minimum absolute atomic E-state index is 0.132. The first kappa shape index (κ1) is 19.0. The van der Waals surface area contributed by atoms with Gasteiger partial charge < -0.3 is 9.51 Å². The van der Waals surface area contributed by atoms with Gasteiger partial charge in [-0.15, -0.1) is 11.3 Å². The van der Waals surface area contributed by atoms with Gasteiger partial charge in [-0.2, -0.15) is 4.98 Å². The molecule has 0 aliphatic heterocycles. The third kappa shape index (κ3) is 4.06. The van der Waals surface area contributed by atoms with E-state index in [0.29, 0.717) is 41.5 Å². The summed E-state index contributed by atoms with van der Waals surface area (Å²) in [6, 6.07) is 9.48. The molecule has 3 aromatic heterocycles. The smallest absolute Gasteiger partial charge is 0.258 e. The molecule has 0 saturated carbocycles. The Labute approximate surface area is 173 Å². The van der Waals surface area contributed by atoms with Gasteiger partial charge in [0.05, 0.1) is 28.9 Å². The van der Waals surface area contributed by atoms with Crippen LogP contribution in [0.3, 0.4) is 0 Å². The zero-order valence-corrected chi connectivity index (χ0v) is 17.7. The van der Waals surface area contributed by atoms with Crippen LogP contribution in [-0.4, -0.2) is 31.1 Å². The molecule has 28 heavy (non-hydrogen) atoms. The van der Waals surface area contributed by atoms with E-state index in [1.807, 2.05) is 29.6 Å². The van der Waals surface area contributed by atoms with Crippen molar-refractivity contribution in [3.63, 3.8) is 0 Å². The first-order valence-corrected chi connectivity index (χ1v) is 10.5. The van der Waals surface area contributed by atoms with Crippen molar-refractivity contribution >= 4 is 38.2 Å². The van der Waals surface area contributed by atoms with Crippen LogP contribution in [0.25, 0.3) is 21.6 Å². The minimum atomic E-state index is -0.132. The highest BCUT2D eigenvalue weighted by Gasteiger charge is 2.18. The largest absolute Gasteiger partial charge is 0.338 e. The molecule has 0 fully saturated rings. The van der Waals surface area contributed by atoms with E-state index in [4.69, 9.17) is 4.52 Å². The van der Waals surface area contributed by atoms with Crippen molar-refractivity contribution in [3.05, 3.63) is 62.3 Å².